The van der Waals surface area contributed by atoms with Crippen LogP contribution < -0.4 is 0 Å². The summed E-state index contributed by atoms with van der Waals surface area (Å²) in [7, 11) is 0. The Morgan fingerprint density at radius 1 is 0.810 bits per heavy atom. The maximum atomic E-state index is 14.8. The zero-order valence-electron chi connectivity index (χ0n) is 14.5. The van der Waals surface area contributed by atoms with Crippen LogP contribution in [-0.4, -0.2) is 5.67 Å². The van der Waals surface area contributed by atoms with Gasteiger partial charge in [0, 0.05) is 0 Å². The van der Waals surface area contributed by atoms with Gasteiger partial charge in [0.25, 0.3) is 0 Å². The van der Waals surface area contributed by atoms with Gasteiger partial charge in [0.2, 0.25) is 0 Å². The van der Waals surface area contributed by atoms with E-state index in [-0.39, 0.29) is 0 Å². The van der Waals surface area contributed by atoms with E-state index in [9.17, 15) is 4.39 Å². The van der Waals surface area contributed by atoms with Gasteiger partial charge in [0.05, 0.1) is 0 Å². The summed E-state index contributed by atoms with van der Waals surface area (Å²) in [6, 6.07) is 0. The van der Waals surface area contributed by atoms with Gasteiger partial charge in [-0.3, -0.25) is 0 Å². The molecule has 2 fully saturated rings. The zero-order chi connectivity index (χ0) is 15.1. The molecule has 2 aliphatic carbocycles. The van der Waals surface area contributed by atoms with Crippen molar-refractivity contribution in [1.82, 2.24) is 0 Å². The molecule has 0 amide bonds. The Morgan fingerprint density at radius 3 is 2.00 bits per heavy atom. The van der Waals surface area contributed by atoms with Crippen LogP contribution in [0.3, 0.4) is 0 Å². The first-order chi connectivity index (χ1) is 10.2. The molecule has 0 atom stereocenters. The normalized spacial score (nSPS) is 37.6. The van der Waals surface area contributed by atoms with Crippen LogP contribution in [0.1, 0.15) is 104 Å². The third kappa shape index (κ3) is 5.25. The molecule has 2 saturated carbocycles. The first kappa shape index (κ1) is 17.3. The summed E-state index contributed by atoms with van der Waals surface area (Å²) in [5, 5.41) is 0. The minimum atomic E-state index is -0.801. The van der Waals surface area contributed by atoms with Crippen molar-refractivity contribution in [2.24, 2.45) is 17.8 Å². The highest BCUT2D eigenvalue weighted by atomic mass is 19.1. The second-order valence-corrected chi connectivity index (χ2v) is 8.01. The molecule has 21 heavy (non-hydrogen) atoms. The van der Waals surface area contributed by atoms with Crippen LogP contribution in [0.25, 0.3) is 0 Å². The van der Waals surface area contributed by atoms with Crippen LogP contribution >= 0.6 is 0 Å². The highest BCUT2D eigenvalue weighted by molar-refractivity contribution is 4.89. The highest BCUT2D eigenvalue weighted by Crippen LogP contribution is 2.45. The average Bonchev–Trinajstić information content (AvgIpc) is 2.50. The number of alkyl halides is 1. The zero-order valence-corrected chi connectivity index (χ0v) is 14.5. The van der Waals surface area contributed by atoms with E-state index in [1.54, 1.807) is 0 Å². The van der Waals surface area contributed by atoms with Gasteiger partial charge in [-0.15, -0.1) is 0 Å². The van der Waals surface area contributed by atoms with Gasteiger partial charge in [0.1, 0.15) is 5.67 Å². The van der Waals surface area contributed by atoms with Crippen molar-refractivity contribution in [2.45, 2.75) is 109 Å². The lowest BCUT2D eigenvalue weighted by Crippen LogP contribution is -2.33. The minimum Gasteiger partial charge on any atom is -0.244 e. The van der Waals surface area contributed by atoms with Crippen LogP contribution in [0.2, 0.25) is 0 Å². The maximum Gasteiger partial charge on any atom is 0.111 e. The summed E-state index contributed by atoms with van der Waals surface area (Å²) >= 11 is 0. The van der Waals surface area contributed by atoms with Gasteiger partial charge in [-0.1, -0.05) is 58.8 Å². The van der Waals surface area contributed by atoms with Crippen LogP contribution in [-0.2, 0) is 0 Å². The minimum absolute atomic E-state index is 0.801. The van der Waals surface area contributed by atoms with Gasteiger partial charge in [-0.05, 0) is 62.7 Å². The van der Waals surface area contributed by atoms with E-state index in [1.807, 2.05) is 0 Å². The third-order valence-electron chi connectivity index (χ3n) is 6.41. The number of rotatable bonds is 7. The number of hydrogen-bond acceptors (Lipinski definition) is 0. The van der Waals surface area contributed by atoms with Crippen LogP contribution in [0, 0.1) is 17.8 Å². The van der Waals surface area contributed by atoms with E-state index < -0.39 is 5.67 Å². The van der Waals surface area contributed by atoms with Gasteiger partial charge in [-0.25, -0.2) is 4.39 Å². The molecule has 2 aliphatic rings. The molecule has 1 heteroatoms. The fraction of sp³-hybridized carbons (Fsp3) is 1.00. The van der Waals surface area contributed by atoms with E-state index in [1.165, 1.54) is 64.2 Å². The Morgan fingerprint density at radius 2 is 1.43 bits per heavy atom. The van der Waals surface area contributed by atoms with Crippen molar-refractivity contribution in [2.75, 3.05) is 0 Å². The molecule has 0 nitrogen and oxygen atoms in total. The molecule has 0 N–H and O–H groups in total. The van der Waals surface area contributed by atoms with Crippen LogP contribution in [0.5, 0.6) is 0 Å². The molecule has 0 bridgehead atoms. The van der Waals surface area contributed by atoms with E-state index in [0.717, 1.165) is 43.4 Å². The topological polar surface area (TPSA) is 0 Å². The maximum absolute atomic E-state index is 14.8. The lowest BCUT2D eigenvalue weighted by molar-refractivity contribution is 0.0456. The largest absolute Gasteiger partial charge is 0.244 e. The molecular weight excluding hydrogens is 259 g/mol. The van der Waals surface area contributed by atoms with Gasteiger partial charge < -0.3 is 0 Å². The van der Waals surface area contributed by atoms with Gasteiger partial charge in [-0.2, -0.15) is 0 Å². The fourth-order valence-electron chi connectivity index (χ4n) is 4.93. The predicted octanol–water partition coefficient (Wildman–Crippen LogP) is 7.07. The smallest absolute Gasteiger partial charge is 0.111 e. The Hall–Kier alpha value is -0.0700. The average molecular weight is 297 g/mol. The Kier molecular flexibility index (Phi) is 7.02. The lowest BCUT2D eigenvalue weighted by Gasteiger charge is -2.40. The first-order valence-electron chi connectivity index (χ1n) is 9.85. The molecule has 0 radical (unpaired) electrons. The molecule has 0 aromatic carbocycles. The molecule has 0 saturated heterocycles. The fourth-order valence-corrected chi connectivity index (χ4v) is 4.93. The molecule has 2 rings (SSSR count). The summed E-state index contributed by atoms with van der Waals surface area (Å²) in [5.41, 5.74) is -0.801. The predicted molar refractivity (Wildman–Crippen MR) is 90.3 cm³/mol. The number of halogens is 1. The second kappa shape index (κ2) is 8.53. The SMILES string of the molecule is CCCCC[C@]1(F)CC[C@@H](C2CCC(CCC)CC2)CC1. The van der Waals surface area contributed by atoms with Crippen LogP contribution in [0.15, 0.2) is 0 Å². The molecule has 0 spiro atoms. The van der Waals surface area contributed by atoms with Crippen molar-refractivity contribution in [3.63, 3.8) is 0 Å². The molecule has 0 unspecified atom stereocenters. The van der Waals surface area contributed by atoms with Crippen molar-refractivity contribution in [3.8, 4) is 0 Å². The standard InChI is InChI=1S/C20H37F/c1-3-5-6-14-20(21)15-12-19(13-16-20)18-10-8-17(7-4-2)9-11-18/h17-19H,3-16H2,1-2H3/t17?,18?,19-,20+. The molecule has 0 aliphatic heterocycles. The Bertz CT molecular complexity index is 270. The summed E-state index contributed by atoms with van der Waals surface area (Å²) in [5.74, 6) is 2.78. The van der Waals surface area contributed by atoms with E-state index in [4.69, 9.17) is 0 Å². The summed E-state index contributed by atoms with van der Waals surface area (Å²) in [4.78, 5) is 0. The van der Waals surface area contributed by atoms with E-state index >= 15 is 0 Å². The van der Waals surface area contributed by atoms with Crippen molar-refractivity contribution < 1.29 is 4.39 Å². The number of hydrogen-bond donors (Lipinski definition) is 0. The lowest BCUT2D eigenvalue weighted by atomic mass is 9.67. The molecule has 0 aromatic rings. The van der Waals surface area contributed by atoms with E-state index in [0.29, 0.717) is 0 Å². The summed E-state index contributed by atoms with van der Waals surface area (Å²) in [6.45, 7) is 4.52. The van der Waals surface area contributed by atoms with Crippen molar-refractivity contribution >= 4 is 0 Å². The Balaban J connectivity index is 1.69. The Labute approximate surface area is 132 Å². The second-order valence-electron chi connectivity index (χ2n) is 8.01. The molecule has 0 aromatic heterocycles. The third-order valence-corrected chi connectivity index (χ3v) is 6.41. The molecule has 124 valence electrons. The van der Waals surface area contributed by atoms with Gasteiger partial charge >= 0.3 is 0 Å². The van der Waals surface area contributed by atoms with Crippen molar-refractivity contribution in [1.29, 1.82) is 0 Å². The van der Waals surface area contributed by atoms with Crippen LogP contribution in [0.4, 0.5) is 4.39 Å². The monoisotopic (exact) mass is 296 g/mol. The van der Waals surface area contributed by atoms with E-state index in [2.05, 4.69) is 13.8 Å². The highest BCUT2D eigenvalue weighted by Gasteiger charge is 2.37. The first-order valence-corrected chi connectivity index (χ1v) is 9.85. The molecule has 0 heterocycles. The number of unbranched alkanes of at least 4 members (excludes halogenated alkanes) is 2. The van der Waals surface area contributed by atoms with Crippen molar-refractivity contribution in [3.05, 3.63) is 0 Å². The summed E-state index contributed by atoms with van der Waals surface area (Å²) in [6.07, 6.45) is 17.0. The molecular formula is C20H37F. The quantitative estimate of drug-likeness (QED) is 0.441. The van der Waals surface area contributed by atoms with Gasteiger partial charge in [0.15, 0.2) is 0 Å². The summed E-state index contributed by atoms with van der Waals surface area (Å²) < 4.78 is 14.8.